The number of oxazole rings is 1. The Balaban J connectivity index is 1.87. The highest BCUT2D eigenvalue weighted by Gasteiger charge is 2.14. The highest BCUT2D eigenvalue weighted by Crippen LogP contribution is 2.12. The van der Waals surface area contributed by atoms with E-state index in [1.165, 1.54) is 9.47 Å². The maximum Gasteiger partial charge on any atom is 0.419 e. The van der Waals surface area contributed by atoms with Crippen molar-refractivity contribution in [1.29, 1.82) is 0 Å². The Labute approximate surface area is 140 Å². The molecule has 0 bridgehead atoms. The van der Waals surface area contributed by atoms with Gasteiger partial charge in [-0.05, 0) is 32.4 Å². The lowest BCUT2D eigenvalue weighted by molar-refractivity contribution is -0.135. The summed E-state index contributed by atoms with van der Waals surface area (Å²) < 4.78 is 6.67. The molecule has 0 saturated heterocycles. The van der Waals surface area contributed by atoms with E-state index in [0.29, 0.717) is 18.5 Å². The van der Waals surface area contributed by atoms with Crippen LogP contribution in [0.2, 0.25) is 0 Å². The van der Waals surface area contributed by atoms with Gasteiger partial charge in [-0.1, -0.05) is 12.1 Å². The number of nitrogens with zero attached hydrogens (tertiary/aromatic N) is 2. The molecule has 0 unspecified atom stereocenters. The minimum Gasteiger partial charge on any atom is -0.408 e. The minimum atomic E-state index is -0.423. The number of aryl methyl sites for hydroxylation is 1. The van der Waals surface area contributed by atoms with E-state index in [9.17, 15) is 14.4 Å². The number of carbonyl (C=O) groups excluding carboxylic acids is 2. The minimum absolute atomic E-state index is 0.0333. The monoisotopic (exact) mass is 333 g/mol. The number of amides is 2. The summed E-state index contributed by atoms with van der Waals surface area (Å²) in [5, 5.41) is 2.74. The molecule has 24 heavy (non-hydrogen) atoms. The van der Waals surface area contributed by atoms with Crippen molar-refractivity contribution < 1.29 is 14.0 Å². The molecule has 0 radical (unpaired) electrons. The SMILES string of the molecule is CC(C)NC(=O)CN(C)C(=O)CCCn1c(=O)oc2ccccc21. The van der Waals surface area contributed by atoms with E-state index >= 15 is 0 Å². The molecular weight excluding hydrogens is 310 g/mol. The number of hydrogen-bond donors (Lipinski definition) is 1. The van der Waals surface area contributed by atoms with E-state index in [1.54, 1.807) is 19.2 Å². The van der Waals surface area contributed by atoms with Crippen LogP contribution in [0.5, 0.6) is 0 Å². The summed E-state index contributed by atoms with van der Waals surface area (Å²) in [5.41, 5.74) is 1.26. The third-order valence-corrected chi connectivity index (χ3v) is 3.60. The third kappa shape index (κ3) is 4.47. The Morgan fingerprint density at radius 3 is 2.71 bits per heavy atom. The summed E-state index contributed by atoms with van der Waals surface area (Å²) in [6.07, 6.45) is 0.760. The fourth-order valence-electron chi connectivity index (χ4n) is 2.48. The Morgan fingerprint density at radius 1 is 1.29 bits per heavy atom. The van der Waals surface area contributed by atoms with Crippen LogP contribution in [0.4, 0.5) is 0 Å². The van der Waals surface area contributed by atoms with E-state index in [4.69, 9.17) is 4.42 Å². The maximum absolute atomic E-state index is 12.1. The first kappa shape index (κ1) is 17.8. The molecule has 2 amide bonds. The van der Waals surface area contributed by atoms with Crippen LogP contribution in [0.25, 0.3) is 11.1 Å². The standard InChI is InChI=1S/C17H23N3O4/c1-12(2)18-15(21)11-19(3)16(22)9-6-10-20-13-7-4-5-8-14(13)24-17(20)23/h4-5,7-8,12H,6,9-11H2,1-3H3,(H,18,21). The van der Waals surface area contributed by atoms with E-state index < -0.39 is 5.76 Å². The molecule has 0 aliphatic heterocycles. The van der Waals surface area contributed by atoms with Gasteiger partial charge in [-0.15, -0.1) is 0 Å². The third-order valence-electron chi connectivity index (χ3n) is 3.60. The lowest BCUT2D eigenvalue weighted by Gasteiger charge is -2.17. The van der Waals surface area contributed by atoms with Gasteiger partial charge in [0.1, 0.15) is 0 Å². The van der Waals surface area contributed by atoms with Crippen molar-refractivity contribution in [2.24, 2.45) is 0 Å². The molecule has 2 rings (SSSR count). The molecule has 2 aromatic rings. The van der Waals surface area contributed by atoms with Crippen LogP contribution in [-0.4, -0.2) is 40.9 Å². The number of rotatable bonds is 7. The second-order valence-electron chi connectivity index (χ2n) is 6.06. The van der Waals surface area contributed by atoms with Gasteiger partial charge < -0.3 is 14.6 Å². The summed E-state index contributed by atoms with van der Waals surface area (Å²) >= 11 is 0. The topological polar surface area (TPSA) is 84.5 Å². The highest BCUT2D eigenvalue weighted by atomic mass is 16.4. The number of aromatic nitrogens is 1. The zero-order chi connectivity index (χ0) is 17.7. The van der Waals surface area contributed by atoms with Gasteiger partial charge in [0.15, 0.2) is 5.58 Å². The Kier molecular flexibility index (Phi) is 5.78. The average Bonchev–Trinajstić information content (AvgIpc) is 2.82. The predicted octanol–water partition coefficient (Wildman–Crippen LogP) is 1.36. The van der Waals surface area contributed by atoms with E-state index in [1.807, 2.05) is 26.0 Å². The number of benzene rings is 1. The van der Waals surface area contributed by atoms with Gasteiger partial charge in [-0.25, -0.2) is 4.79 Å². The van der Waals surface area contributed by atoms with Gasteiger partial charge >= 0.3 is 5.76 Å². The fourth-order valence-corrected chi connectivity index (χ4v) is 2.48. The van der Waals surface area contributed by atoms with E-state index in [0.717, 1.165) is 5.52 Å². The lowest BCUT2D eigenvalue weighted by atomic mass is 10.2. The van der Waals surface area contributed by atoms with Crippen molar-refractivity contribution in [2.45, 2.75) is 39.3 Å². The summed E-state index contributed by atoms with van der Waals surface area (Å²) in [6.45, 7) is 4.17. The van der Waals surface area contributed by atoms with Crippen LogP contribution in [0.15, 0.2) is 33.5 Å². The summed E-state index contributed by atoms with van der Waals surface area (Å²) in [6, 6.07) is 7.22. The highest BCUT2D eigenvalue weighted by molar-refractivity contribution is 5.84. The van der Waals surface area contributed by atoms with Gasteiger partial charge in [-0.2, -0.15) is 0 Å². The van der Waals surface area contributed by atoms with Crippen molar-refractivity contribution >= 4 is 22.9 Å². The Hall–Kier alpha value is -2.57. The molecule has 1 aromatic carbocycles. The predicted molar refractivity (Wildman–Crippen MR) is 90.6 cm³/mol. The summed E-state index contributed by atoms with van der Waals surface area (Å²) in [7, 11) is 1.60. The first-order valence-corrected chi connectivity index (χ1v) is 8.00. The molecule has 0 fully saturated rings. The van der Waals surface area contributed by atoms with Crippen LogP contribution >= 0.6 is 0 Å². The fraction of sp³-hybridized carbons (Fsp3) is 0.471. The number of hydrogen-bond acceptors (Lipinski definition) is 4. The molecule has 1 aromatic heterocycles. The van der Waals surface area contributed by atoms with Crippen LogP contribution in [-0.2, 0) is 16.1 Å². The quantitative estimate of drug-likeness (QED) is 0.829. The Bertz CT molecular complexity index is 775. The molecule has 0 spiro atoms. The molecule has 7 nitrogen and oxygen atoms in total. The molecule has 1 heterocycles. The van der Waals surface area contributed by atoms with Crippen molar-refractivity contribution in [1.82, 2.24) is 14.8 Å². The van der Waals surface area contributed by atoms with Crippen molar-refractivity contribution in [3.63, 3.8) is 0 Å². The van der Waals surface area contributed by atoms with E-state index in [2.05, 4.69) is 5.32 Å². The lowest BCUT2D eigenvalue weighted by Crippen LogP contribution is -2.40. The van der Waals surface area contributed by atoms with Gasteiger partial charge in [0.25, 0.3) is 0 Å². The van der Waals surface area contributed by atoms with Crippen molar-refractivity contribution in [3.8, 4) is 0 Å². The maximum atomic E-state index is 12.1. The first-order chi connectivity index (χ1) is 11.4. The van der Waals surface area contributed by atoms with E-state index in [-0.39, 0.29) is 30.8 Å². The Morgan fingerprint density at radius 2 is 2.00 bits per heavy atom. The van der Waals surface area contributed by atoms with Crippen molar-refractivity contribution in [3.05, 3.63) is 34.8 Å². The van der Waals surface area contributed by atoms with Crippen LogP contribution in [0, 0.1) is 0 Å². The molecule has 130 valence electrons. The largest absolute Gasteiger partial charge is 0.419 e. The molecule has 0 saturated carbocycles. The summed E-state index contributed by atoms with van der Waals surface area (Å²) in [4.78, 5) is 37.0. The van der Waals surface area contributed by atoms with Crippen LogP contribution in [0.1, 0.15) is 26.7 Å². The number of likely N-dealkylation sites (N-methyl/N-ethyl adjacent to an activating group) is 1. The molecule has 0 atom stereocenters. The second-order valence-corrected chi connectivity index (χ2v) is 6.06. The molecular formula is C17H23N3O4. The number of nitrogens with one attached hydrogen (secondary N) is 1. The average molecular weight is 333 g/mol. The van der Waals surface area contributed by atoms with Crippen LogP contribution < -0.4 is 11.1 Å². The number of fused-ring (bicyclic) bond motifs is 1. The normalized spacial score (nSPS) is 11.0. The van der Waals surface area contributed by atoms with Crippen molar-refractivity contribution in [2.75, 3.05) is 13.6 Å². The molecule has 7 heteroatoms. The molecule has 1 N–H and O–H groups in total. The molecule has 0 aliphatic carbocycles. The van der Waals surface area contributed by atoms with Gasteiger partial charge in [0.2, 0.25) is 11.8 Å². The van der Waals surface area contributed by atoms with Gasteiger partial charge in [-0.3, -0.25) is 14.2 Å². The first-order valence-electron chi connectivity index (χ1n) is 8.00. The van der Waals surface area contributed by atoms with Gasteiger partial charge in [0.05, 0.1) is 12.1 Å². The number of carbonyl (C=O) groups is 2. The van der Waals surface area contributed by atoms with Gasteiger partial charge in [0, 0.05) is 26.1 Å². The smallest absolute Gasteiger partial charge is 0.408 e. The number of para-hydroxylation sites is 2. The zero-order valence-electron chi connectivity index (χ0n) is 14.2. The molecule has 0 aliphatic rings. The second kappa shape index (κ2) is 7.81. The summed E-state index contributed by atoms with van der Waals surface area (Å²) in [5.74, 6) is -0.735. The zero-order valence-corrected chi connectivity index (χ0v) is 14.2. The van der Waals surface area contributed by atoms with Crippen LogP contribution in [0.3, 0.4) is 0 Å².